The van der Waals surface area contributed by atoms with Crippen molar-refractivity contribution in [3.05, 3.63) is 35.6 Å². The van der Waals surface area contributed by atoms with Crippen molar-refractivity contribution >= 4 is 11.8 Å². The third-order valence-corrected chi connectivity index (χ3v) is 6.09. The molecule has 2 aliphatic rings. The van der Waals surface area contributed by atoms with Gasteiger partial charge in [0.2, 0.25) is 11.8 Å². The largest absolute Gasteiger partial charge is 0.343 e. The first-order chi connectivity index (χ1) is 12.9. The zero-order chi connectivity index (χ0) is 19.4. The van der Waals surface area contributed by atoms with Crippen LogP contribution < -0.4 is 0 Å². The highest BCUT2D eigenvalue weighted by molar-refractivity contribution is 5.80. The van der Waals surface area contributed by atoms with E-state index in [0.29, 0.717) is 25.4 Å². The lowest BCUT2D eigenvalue weighted by Crippen LogP contribution is -2.47. The second-order valence-corrected chi connectivity index (χ2v) is 8.34. The second kappa shape index (κ2) is 8.85. The summed E-state index contributed by atoms with van der Waals surface area (Å²) in [7, 11) is 0. The molecule has 0 aliphatic carbocycles. The van der Waals surface area contributed by atoms with E-state index in [1.54, 1.807) is 12.1 Å². The summed E-state index contributed by atoms with van der Waals surface area (Å²) in [6.07, 6.45) is 4.27. The molecule has 0 spiro atoms. The van der Waals surface area contributed by atoms with Gasteiger partial charge in [-0.1, -0.05) is 26.0 Å². The number of amides is 2. The molecule has 2 saturated heterocycles. The van der Waals surface area contributed by atoms with Gasteiger partial charge in [0.25, 0.3) is 0 Å². The molecule has 2 heterocycles. The van der Waals surface area contributed by atoms with Crippen LogP contribution in [0.2, 0.25) is 0 Å². The molecule has 1 aromatic rings. The first-order valence-corrected chi connectivity index (χ1v) is 10.3. The number of carbonyl (C=O) groups excluding carboxylic acids is 2. The van der Waals surface area contributed by atoms with Crippen molar-refractivity contribution in [2.24, 2.45) is 11.8 Å². The lowest BCUT2D eigenvalue weighted by molar-refractivity contribution is -0.142. The first-order valence-electron chi connectivity index (χ1n) is 10.3. The van der Waals surface area contributed by atoms with Gasteiger partial charge in [-0.3, -0.25) is 9.59 Å². The molecule has 4 nitrogen and oxygen atoms in total. The van der Waals surface area contributed by atoms with E-state index in [4.69, 9.17) is 0 Å². The Morgan fingerprint density at radius 2 is 1.74 bits per heavy atom. The lowest BCUT2D eigenvalue weighted by atomic mass is 9.92. The van der Waals surface area contributed by atoms with Crippen molar-refractivity contribution in [2.75, 3.05) is 26.2 Å². The number of piperidine rings is 2. The minimum Gasteiger partial charge on any atom is -0.343 e. The summed E-state index contributed by atoms with van der Waals surface area (Å²) >= 11 is 0. The third kappa shape index (κ3) is 5.08. The third-order valence-electron chi connectivity index (χ3n) is 6.09. The van der Waals surface area contributed by atoms with Crippen LogP contribution >= 0.6 is 0 Å². The minimum atomic E-state index is -0.257. The molecule has 2 fully saturated rings. The highest BCUT2D eigenvalue weighted by Crippen LogP contribution is 2.26. The minimum absolute atomic E-state index is 0.0623. The summed E-state index contributed by atoms with van der Waals surface area (Å²) in [5.74, 6) is 0.878. The topological polar surface area (TPSA) is 40.6 Å². The number of nitrogens with zero attached hydrogens (tertiary/aromatic N) is 2. The summed E-state index contributed by atoms with van der Waals surface area (Å²) in [6.45, 7) is 7.30. The van der Waals surface area contributed by atoms with Crippen molar-refractivity contribution in [2.45, 2.75) is 51.9 Å². The van der Waals surface area contributed by atoms with Gasteiger partial charge in [-0.2, -0.15) is 0 Å². The molecule has 148 valence electrons. The standard InChI is InChI=1S/C22H31FN2O2/c1-16-4-3-11-25(15-16)22(27)19-9-12-24(13-10-19)21(26)14-17(2)18-5-7-20(23)8-6-18/h5-8,16-17,19H,3-4,9-15H2,1-2H3/t16-,17+/m1/s1. The fraction of sp³-hybridized carbons (Fsp3) is 0.636. The van der Waals surface area contributed by atoms with Gasteiger partial charge in [0.1, 0.15) is 5.82 Å². The second-order valence-electron chi connectivity index (χ2n) is 8.34. The molecule has 0 radical (unpaired) electrons. The van der Waals surface area contributed by atoms with E-state index in [-0.39, 0.29) is 29.5 Å². The fourth-order valence-corrected chi connectivity index (χ4v) is 4.32. The van der Waals surface area contributed by atoms with E-state index in [1.165, 1.54) is 18.6 Å². The fourth-order valence-electron chi connectivity index (χ4n) is 4.32. The summed E-state index contributed by atoms with van der Waals surface area (Å²) in [5.41, 5.74) is 0.981. The predicted molar refractivity (Wildman–Crippen MR) is 104 cm³/mol. The van der Waals surface area contributed by atoms with Crippen molar-refractivity contribution in [3.8, 4) is 0 Å². The average molecular weight is 375 g/mol. The van der Waals surface area contributed by atoms with Crippen LogP contribution in [-0.2, 0) is 9.59 Å². The Labute approximate surface area is 161 Å². The molecule has 2 amide bonds. The molecule has 0 aromatic heterocycles. The van der Waals surface area contributed by atoms with Crippen LogP contribution in [-0.4, -0.2) is 47.8 Å². The Bertz CT molecular complexity index is 653. The lowest BCUT2D eigenvalue weighted by Gasteiger charge is -2.37. The number of likely N-dealkylation sites (tertiary alicyclic amines) is 2. The van der Waals surface area contributed by atoms with E-state index < -0.39 is 0 Å². The number of hydrogen-bond donors (Lipinski definition) is 0. The number of halogens is 1. The maximum absolute atomic E-state index is 13.1. The Balaban J connectivity index is 1.47. The highest BCUT2D eigenvalue weighted by atomic mass is 19.1. The van der Waals surface area contributed by atoms with Gasteiger partial charge >= 0.3 is 0 Å². The molecule has 3 rings (SSSR count). The van der Waals surface area contributed by atoms with E-state index in [0.717, 1.165) is 37.9 Å². The van der Waals surface area contributed by atoms with Crippen molar-refractivity contribution in [1.82, 2.24) is 9.80 Å². The maximum atomic E-state index is 13.1. The first kappa shape index (κ1) is 19.8. The molecular formula is C22H31FN2O2. The normalized spacial score (nSPS) is 22.6. The quantitative estimate of drug-likeness (QED) is 0.804. The molecule has 2 aliphatic heterocycles. The van der Waals surface area contributed by atoms with E-state index in [1.807, 2.05) is 16.7 Å². The van der Waals surface area contributed by atoms with Gasteiger partial charge in [0, 0.05) is 38.5 Å². The molecule has 0 bridgehead atoms. The monoisotopic (exact) mass is 374 g/mol. The van der Waals surface area contributed by atoms with Gasteiger partial charge in [-0.05, 0) is 55.2 Å². The molecule has 0 saturated carbocycles. The molecule has 0 N–H and O–H groups in total. The average Bonchev–Trinajstić information content (AvgIpc) is 2.68. The van der Waals surface area contributed by atoms with Crippen LogP contribution in [0.15, 0.2) is 24.3 Å². The van der Waals surface area contributed by atoms with Crippen LogP contribution in [0.3, 0.4) is 0 Å². The van der Waals surface area contributed by atoms with Crippen LogP contribution in [0.4, 0.5) is 4.39 Å². The van der Waals surface area contributed by atoms with Gasteiger partial charge in [-0.15, -0.1) is 0 Å². The van der Waals surface area contributed by atoms with Gasteiger partial charge in [-0.25, -0.2) is 4.39 Å². The van der Waals surface area contributed by atoms with Gasteiger partial charge in [0.15, 0.2) is 0 Å². The summed E-state index contributed by atoms with van der Waals surface area (Å²) in [6, 6.07) is 6.37. The zero-order valence-corrected chi connectivity index (χ0v) is 16.5. The molecular weight excluding hydrogens is 343 g/mol. The van der Waals surface area contributed by atoms with Crippen LogP contribution in [0.5, 0.6) is 0 Å². The van der Waals surface area contributed by atoms with Gasteiger partial charge in [0.05, 0.1) is 0 Å². The SMILES string of the molecule is C[C@@H]1CCCN(C(=O)C2CCN(C(=O)C[C@H](C)c3ccc(F)cc3)CC2)C1. The van der Waals surface area contributed by atoms with E-state index in [2.05, 4.69) is 6.92 Å². The molecule has 27 heavy (non-hydrogen) atoms. The maximum Gasteiger partial charge on any atom is 0.225 e. The van der Waals surface area contributed by atoms with Crippen molar-refractivity contribution in [3.63, 3.8) is 0 Å². The smallest absolute Gasteiger partial charge is 0.225 e. The summed E-state index contributed by atoms with van der Waals surface area (Å²) in [5, 5.41) is 0. The highest BCUT2D eigenvalue weighted by Gasteiger charge is 2.32. The Morgan fingerprint density at radius 1 is 1.07 bits per heavy atom. The van der Waals surface area contributed by atoms with E-state index in [9.17, 15) is 14.0 Å². The Morgan fingerprint density at radius 3 is 2.37 bits per heavy atom. The van der Waals surface area contributed by atoms with Crippen molar-refractivity contribution < 1.29 is 14.0 Å². The number of hydrogen-bond acceptors (Lipinski definition) is 2. The predicted octanol–water partition coefficient (Wildman–Crippen LogP) is 3.82. The zero-order valence-electron chi connectivity index (χ0n) is 16.5. The number of carbonyl (C=O) groups is 2. The number of benzene rings is 1. The number of rotatable bonds is 4. The van der Waals surface area contributed by atoms with Crippen LogP contribution in [0.25, 0.3) is 0 Å². The summed E-state index contributed by atoms with van der Waals surface area (Å²) in [4.78, 5) is 29.3. The van der Waals surface area contributed by atoms with Crippen LogP contribution in [0, 0.1) is 17.7 Å². The molecule has 5 heteroatoms. The molecule has 1 aromatic carbocycles. The van der Waals surface area contributed by atoms with E-state index >= 15 is 0 Å². The Kier molecular flexibility index (Phi) is 6.51. The van der Waals surface area contributed by atoms with Crippen molar-refractivity contribution in [1.29, 1.82) is 0 Å². The molecule has 0 unspecified atom stereocenters. The van der Waals surface area contributed by atoms with Crippen LogP contribution in [0.1, 0.15) is 57.4 Å². The Hall–Kier alpha value is -1.91. The molecule has 2 atom stereocenters. The summed E-state index contributed by atoms with van der Waals surface area (Å²) < 4.78 is 13.1. The van der Waals surface area contributed by atoms with Gasteiger partial charge < -0.3 is 9.80 Å².